The zero-order chi connectivity index (χ0) is 10.0. The molecule has 0 saturated heterocycles. The summed E-state index contributed by atoms with van der Waals surface area (Å²) < 4.78 is 4.76. The molecule has 1 rings (SSSR count). The number of aryl methyl sites for hydroxylation is 1. The van der Waals surface area contributed by atoms with Crippen molar-refractivity contribution in [3.8, 4) is 11.5 Å². The minimum absolute atomic E-state index is 0.0619. The predicted octanol–water partition coefficient (Wildman–Crippen LogP) is 1.62. The lowest BCUT2D eigenvalue weighted by Gasteiger charge is -2.04. The van der Waals surface area contributed by atoms with Crippen LogP contribution in [0, 0.1) is 17.0 Å². The fourth-order valence-corrected chi connectivity index (χ4v) is 0.990. The van der Waals surface area contributed by atoms with Gasteiger partial charge >= 0.3 is 0 Å². The van der Waals surface area contributed by atoms with Crippen molar-refractivity contribution < 1.29 is 14.8 Å². The molecule has 0 aromatic heterocycles. The van der Waals surface area contributed by atoms with Gasteiger partial charge in [0.2, 0.25) is 0 Å². The van der Waals surface area contributed by atoms with Gasteiger partial charge in [-0.2, -0.15) is 0 Å². The minimum Gasteiger partial charge on any atom is -0.504 e. The van der Waals surface area contributed by atoms with Crippen LogP contribution in [-0.2, 0) is 0 Å². The van der Waals surface area contributed by atoms with Crippen molar-refractivity contribution in [3.05, 3.63) is 27.8 Å². The number of benzene rings is 1. The van der Waals surface area contributed by atoms with Crippen molar-refractivity contribution in [2.75, 3.05) is 7.11 Å². The van der Waals surface area contributed by atoms with Gasteiger partial charge in [0.1, 0.15) is 0 Å². The number of nitrogens with zero attached hydrogens (tertiary/aromatic N) is 1. The molecule has 0 spiro atoms. The fraction of sp³-hybridized carbons (Fsp3) is 0.250. The second-order valence-corrected chi connectivity index (χ2v) is 2.57. The van der Waals surface area contributed by atoms with Gasteiger partial charge < -0.3 is 9.84 Å². The summed E-state index contributed by atoms with van der Waals surface area (Å²) in [6.45, 7) is 1.57. The molecule has 1 aromatic rings. The van der Waals surface area contributed by atoms with Crippen LogP contribution >= 0.6 is 0 Å². The van der Waals surface area contributed by atoms with Gasteiger partial charge in [-0.3, -0.25) is 10.1 Å². The highest BCUT2D eigenvalue weighted by Gasteiger charge is 2.13. The van der Waals surface area contributed by atoms with Crippen LogP contribution in [0.4, 0.5) is 5.69 Å². The second-order valence-electron chi connectivity index (χ2n) is 2.57. The van der Waals surface area contributed by atoms with E-state index in [0.717, 1.165) is 0 Å². The van der Waals surface area contributed by atoms with Gasteiger partial charge in [0.25, 0.3) is 5.69 Å². The van der Waals surface area contributed by atoms with Crippen molar-refractivity contribution in [2.24, 2.45) is 0 Å². The lowest BCUT2D eigenvalue weighted by molar-refractivity contribution is -0.385. The van der Waals surface area contributed by atoms with E-state index in [0.29, 0.717) is 5.56 Å². The van der Waals surface area contributed by atoms with Gasteiger partial charge in [0.05, 0.1) is 18.1 Å². The largest absolute Gasteiger partial charge is 0.504 e. The Labute approximate surface area is 74.7 Å². The summed E-state index contributed by atoms with van der Waals surface area (Å²) >= 11 is 0. The molecule has 0 amide bonds. The van der Waals surface area contributed by atoms with Crippen molar-refractivity contribution in [3.63, 3.8) is 0 Å². The molecule has 1 N–H and O–H groups in total. The third-order valence-electron chi connectivity index (χ3n) is 1.68. The van der Waals surface area contributed by atoms with Crippen LogP contribution in [-0.4, -0.2) is 17.1 Å². The second kappa shape index (κ2) is 3.30. The maximum absolute atomic E-state index is 10.4. The fourth-order valence-electron chi connectivity index (χ4n) is 0.990. The summed E-state index contributed by atoms with van der Waals surface area (Å²) in [4.78, 5) is 9.87. The first-order valence-corrected chi connectivity index (χ1v) is 3.58. The first-order valence-electron chi connectivity index (χ1n) is 3.58. The number of rotatable bonds is 2. The first kappa shape index (κ1) is 9.31. The van der Waals surface area contributed by atoms with Gasteiger partial charge in [0.15, 0.2) is 11.5 Å². The van der Waals surface area contributed by atoms with Crippen LogP contribution in [0.2, 0.25) is 0 Å². The van der Waals surface area contributed by atoms with E-state index < -0.39 is 4.92 Å². The maximum Gasteiger partial charge on any atom is 0.273 e. The van der Waals surface area contributed by atoms with E-state index in [1.165, 1.54) is 19.2 Å². The van der Waals surface area contributed by atoms with Crippen molar-refractivity contribution in [2.45, 2.75) is 6.92 Å². The number of nitro groups is 1. The van der Waals surface area contributed by atoms with Crippen LogP contribution in [0.15, 0.2) is 12.1 Å². The number of aromatic hydroxyl groups is 1. The van der Waals surface area contributed by atoms with E-state index in [4.69, 9.17) is 4.74 Å². The Morgan fingerprint density at radius 3 is 2.62 bits per heavy atom. The molecule has 0 unspecified atom stereocenters. The molecule has 0 aliphatic carbocycles. The SMILES string of the molecule is COc1cc([N+](=O)[O-])cc(C)c1O. The highest BCUT2D eigenvalue weighted by atomic mass is 16.6. The van der Waals surface area contributed by atoms with Crippen LogP contribution in [0.5, 0.6) is 11.5 Å². The molecule has 0 heterocycles. The Morgan fingerprint density at radius 1 is 1.54 bits per heavy atom. The molecule has 5 nitrogen and oxygen atoms in total. The summed E-state index contributed by atoms with van der Waals surface area (Å²) in [7, 11) is 1.35. The Bertz CT molecular complexity index is 348. The molecule has 0 saturated carbocycles. The quantitative estimate of drug-likeness (QED) is 0.558. The molecule has 5 heteroatoms. The van der Waals surface area contributed by atoms with Gasteiger partial charge in [-0.25, -0.2) is 0 Å². The summed E-state index contributed by atoms with van der Waals surface area (Å²) in [6.07, 6.45) is 0. The minimum atomic E-state index is -0.533. The standard InChI is InChI=1S/C8H9NO4/c1-5-3-6(9(11)12)4-7(13-2)8(5)10/h3-4,10H,1-2H3. The number of ether oxygens (including phenoxy) is 1. The molecular weight excluding hydrogens is 174 g/mol. The molecule has 0 radical (unpaired) electrons. The number of methoxy groups -OCH3 is 1. The van der Waals surface area contributed by atoms with E-state index >= 15 is 0 Å². The smallest absolute Gasteiger partial charge is 0.273 e. The topological polar surface area (TPSA) is 72.6 Å². The predicted molar refractivity (Wildman–Crippen MR) is 46.1 cm³/mol. The van der Waals surface area contributed by atoms with Crippen LogP contribution in [0.3, 0.4) is 0 Å². The van der Waals surface area contributed by atoms with E-state index in [1.54, 1.807) is 6.92 Å². The lowest BCUT2D eigenvalue weighted by Crippen LogP contribution is -1.92. The summed E-state index contributed by atoms with van der Waals surface area (Å²) in [6, 6.07) is 2.47. The molecule has 0 aliphatic heterocycles. The molecule has 0 fully saturated rings. The summed E-state index contributed by atoms with van der Waals surface area (Å²) in [5.74, 6) is 0.0554. The first-order chi connectivity index (χ1) is 6.06. The van der Waals surface area contributed by atoms with E-state index in [1.807, 2.05) is 0 Å². The molecule has 0 aliphatic rings. The Balaban J connectivity index is 3.30. The highest BCUT2D eigenvalue weighted by Crippen LogP contribution is 2.33. The molecule has 1 aromatic carbocycles. The average molecular weight is 183 g/mol. The average Bonchev–Trinajstić information content (AvgIpc) is 2.09. The number of hydrogen-bond donors (Lipinski definition) is 1. The number of phenols is 1. The van der Waals surface area contributed by atoms with Crippen molar-refractivity contribution in [1.29, 1.82) is 0 Å². The zero-order valence-electron chi connectivity index (χ0n) is 7.27. The van der Waals surface area contributed by atoms with Gasteiger partial charge in [-0.15, -0.1) is 0 Å². The third-order valence-corrected chi connectivity index (χ3v) is 1.68. The number of hydrogen-bond acceptors (Lipinski definition) is 4. The monoisotopic (exact) mass is 183 g/mol. The van der Waals surface area contributed by atoms with E-state index in [-0.39, 0.29) is 17.2 Å². The number of non-ortho nitro benzene ring substituents is 1. The normalized spacial score (nSPS) is 9.69. The van der Waals surface area contributed by atoms with Crippen LogP contribution in [0.25, 0.3) is 0 Å². The van der Waals surface area contributed by atoms with Gasteiger partial charge in [0, 0.05) is 11.6 Å². The summed E-state index contributed by atoms with van der Waals surface area (Å²) in [5, 5.41) is 19.8. The Morgan fingerprint density at radius 2 is 2.15 bits per heavy atom. The van der Waals surface area contributed by atoms with Crippen molar-refractivity contribution >= 4 is 5.69 Å². The molecular formula is C8H9NO4. The molecule has 0 bridgehead atoms. The van der Waals surface area contributed by atoms with E-state index in [9.17, 15) is 15.2 Å². The molecule has 0 atom stereocenters. The third kappa shape index (κ3) is 1.69. The van der Waals surface area contributed by atoms with E-state index in [2.05, 4.69) is 0 Å². The Kier molecular flexibility index (Phi) is 2.36. The number of phenolic OH excluding ortho intramolecular Hbond substituents is 1. The zero-order valence-corrected chi connectivity index (χ0v) is 7.27. The summed E-state index contributed by atoms with van der Waals surface area (Å²) in [5.41, 5.74) is 0.332. The maximum atomic E-state index is 10.4. The number of nitro benzene ring substituents is 1. The van der Waals surface area contributed by atoms with Crippen LogP contribution < -0.4 is 4.74 Å². The van der Waals surface area contributed by atoms with Gasteiger partial charge in [-0.1, -0.05) is 0 Å². The highest BCUT2D eigenvalue weighted by molar-refractivity contribution is 5.52. The lowest BCUT2D eigenvalue weighted by atomic mass is 10.2. The van der Waals surface area contributed by atoms with Gasteiger partial charge in [-0.05, 0) is 6.92 Å². The molecule has 70 valence electrons. The Hall–Kier alpha value is -1.78. The van der Waals surface area contributed by atoms with Crippen LogP contribution in [0.1, 0.15) is 5.56 Å². The molecule has 13 heavy (non-hydrogen) atoms. The van der Waals surface area contributed by atoms with Crippen molar-refractivity contribution in [1.82, 2.24) is 0 Å².